The van der Waals surface area contributed by atoms with Gasteiger partial charge in [-0.15, -0.1) is 0 Å². The van der Waals surface area contributed by atoms with Crippen LogP contribution < -0.4 is 5.32 Å². The molecule has 21 heavy (non-hydrogen) atoms. The minimum absolute atomic E-state index is 0.0275. The number of aliphatic carboxylic acids is 1. The molecule has 0 radical (unpaired) electrons. The Morgan fingerprint density at radius 3 is 2.67 bits per heavy atom. The Bertz CT molecular complexity index is 524. The number of carbonyl (C=O) groups is 2. The van der Waals surface area contributed by atoms with E-state index in [9.17, 15) is 9.59 Å². The second-order valence-corrected chi connectivity index (χ2v) is 5.77. The third-order valence-electron chi connectivity index (χ3n) is 3.35. The van der Waals surface area contributed by atoms with Crippen molar-refractivity contribution in [2.45, 2.75) is 6.42 Å². The van der Waals surface area contributed by atoms with E-state index in [1.807, 2.05) is 29.2 Å². The van der Waals surface area contributed by atoms with E-state index in [0.29, 0.717) is 26.2 Å². The number of rotatable bonds is 3. The molecule has 0 atom stereocenters. The minimum Gasteiger partial charge on any atom is -0.480 e. The summed E-state index contributed by atoms with van der Waals surface area (Å²) in [5.41, 5.74) is 0.731. The fourth-order valence-electron chi connectivity index (χ4n) is 2.28. The van der Waals surface area contributed by atoms with Crippen molar-refractivity contribution in [3.63, 3.8) is 0 Å². The van der Waals surface area contributed by atoms with Crippen molar-refractivity contribution in [2.24, 2.45) is 0 Å². The number of halogens is 1. The highest BCUT2D eigenvalue weighted by Gasteiger charge is 2.20. The molecule has 1 aliphatic heterocycles. The molecule has 1 aliphatic rings. The summed E-state index contributed by atoms with van der Waals surface area (Å²) in [4.78, 5) is 26.6. The molecule has 1 aromatic rings. The molecular formula is C14H18BrN3O3. The summed E-state index contributed by atoms with van der Waals surface area (Å²) in [6.07, 6.45) is 0.774. The smallest absolute Gasteiger partial charge is 0.321 e. The van der Waals surface area contributed by atoms with Gasteiger partial charge in [0.15, 0.2) is 0 Å². The van der Waals surface area contributed by atoms with Crippen LogP contribution in [-0.2, 0) is 4.79 Å². The van der Waals surface area contributed by atoms with E-state index in [0.717, 1.165) is 16.6 Å². The van der Waals surface area contributed by atoms with Gasteiger partial charge in [0.25, 0.3) is 0 Å². The Hall–Kier alpha value is -1.60. The zero-order valence-corrected chi connectivity index (χ0v) is 13.2. The lowest BCUT2D eigenvalue weighted by Gasteiger charge is -2.22. The van der Waals surface area contributed by atoms with E-state index < -0.39 is 5.97 Å². The monoisotopic (exact) mass is 355 g/mol. The first-order chi connectivity index (χ1) is 10.1. The van der Waals surface area contributed by atoms with Crippen LogP contribution in [0.25, 0.3) is 0 Å². The number of nitrogens with one attached hydrogen (secondary N) is 1. The Morgan fingerprint density at radius 1 is 1.19 bits per heavy atom. The van der Waals surface area contributed by atoms with Gasteiger partial charge in [0.2, 0.25) is 0 Å². The maximum absolute atomic E-state index is 12.3. The van der Waals surface area contributed by atoms with E-state index >= 15 is 0 Å². The van der Waals surface area contributed by atoms with Crippen LogP contribution in [0.1, 0.15) is 6.42 Å². The first-order valence-corrected chi connectivity index (χ1v) is 7.60. The molecule has 0 bridgehead atoms. The topological polar surface area (TPSA) is 72.9 Å². The molecule has 1 saturated heterocycles. The fraction of sp³-hybridized carbons (Fsp3) is 0.429. The highest BCUT2D eigenvalue weighted by Crippen LogP contribution is 2.21. The summed E-state index contributed by atoms with van der Waals surface area (Å²) >= 11 is 3.39. The summed E-state index contributed by atoms with van der Waals surface area (Å²) in [6, 6.07) is 7.29. The van der Waals surface area contributed by atoms with E-state index in [-0.39, 0.29) is 12.6 Å². The van der Waals surface area contributed by atoms with Gasteiger partial charge in [-0.05, 0) is 34.5 Å². The van der Waals surface area contributed by atoms with Crippen molar-refractivity contribution >= 4 is 33.6 Å². The van der Waals surface area contributed by atoms with Crippen LogP contribution in [0.2, 0.25) is 0 Å². The molecule has 0 aromatic heterocycles. The lowest BCUT2D eigenvalue weighted by Crippen LogP contribution is -2.38. The fourth-order valence-corrected chi connectivity index (χ4v) is 2.66. The normalized spacial score (nSPS) is 16.3. The summed E-state index contributed by atoms with van der Waals surface area (Å²) in [7, 11) is 0. The van der Waals surface area contributed by atoms with Gasteiger partial charge >= 0.3 is 12.0 Å². The van der Waals surface area contributed by atoms with Crippen molar-refractivity contribution in [3.05, 3.63) is 28.7 Å². The molecule has 0 saturated carbocycles. The Balaban J connectivity index is 1.91. The van der Waals surface area contributed by atoms with Gasteiger partial charge in [0, 0.05) is 30.7 Å². The maximum atomic E-state index is 12.3. The SMILES string of the molecule is O=C(O)CN1CCCN(C(=O)Nc2ccccc2Br)CC1. The van der Waals surface area contributed by atoms with Crippen molar-refractivity contribution < 1.29 is 14.7 Å². The molecule has 1 heterocycles. The van der Waals surface area contributed by atoms with Gasteiger partial charge < -0.3 is 15.3 Å². The zero-order chi connectivity index (χ0) is 15.2. The summed E-state index contributed by atoms with van der Waals surface area (Å²) < 4.78 is 0.834. The molecule has 2 rings (SSSR count). The predicted octanol–water partition coefficient (Wildman–Crippen LogP) is 2.07. The van der Waals surface area contributed by atoms with E-state index in [4.69, 9.17) is 5.11 Å². The molecule has 1 fully saturated rings. The molecule has 2 amide bonds. The van der Waals surface area contributed by atoms with E-state index in [1.54, 1.807) is 4.90 Å². The van der Waals surface area contributed by atoms with E-state index in [2.05, 4.69) is 21.2 Å². The average Bonchev–Trinajstić information content (AvgIpc) is 2.66. The second kappa shape index (κ2) is 7.42. The molecule has 2 N–H and O–H groups in total. The molecule has 0 unspecified atom stereocenters. The van der Waals surface area contributed by atoms with Crippen molar-refractivity contribution in [3.8, 4) is 0 Å². The quantitative estimate of drug-likeness (QED) is 0.870. The molecule has 1 aromatic carbocycles. The van der Waals surface area contributed by atoms with Crippen molar-refractivity contribution in [1.82, 2.24) is 9.80 Å². The maximum Gasteiger partial charge on any atom is 0.321 e. The van der Waals surface area contributed by atoms with Crippen molar-refractivity contribution in [2.75, 3.05) is 38.0 Å². The standard InChI is InChI=1S/C14H18BrN3O3/c15-11-4-1-2-5-12(11)16-14(21)18-7-3-6-17(8-9-18)10-13(19)20/h1-2,4-5H,3,6-10H2,(H,16,21)(H,19,20). The van der Waals surface area contributed by atoms with Crippen molar-refractivity contribution in [1.29, 1.82) is 0 Å². The summed E-state index contributed by atoms with van der Waals surface area (Å²) in [5, 5.41) is 11.7. The second-order valence-electron chi connectivity index (χ2n) is 4.92. The lowest BCUT2D eigenvalue weighted by atomic mass is 10.3. The largest absolute Gasteiger partial charge is 0.480 e. The Kier molecular flexibility index (Phi) is 5.58. The first-order valence-electron chi connectivity index (χ1n) is 6.81. The summed E-state index contributed by atoms with van der Waals surface area (Å²) in [5.74, 6) is -0.832. The van der Waals surface area contributed by atoms with Gasteiger partial charge in [-0.2, -0.15) is 0 Å². The number of nitrogens with zero attached hydrogens (tertiary/aromatic N) is 2. The molecule has 6 nitrogen and oxygen atoms in total. The number of urea groups is 1. The van der Waals surface area contributed by atoms with Gasteiger partial charge in [0.1, 0.15) is 0 Å². The van der Waals surface area contributed by atoms with Gasteiger partial charge in [-0.3, -0.25) is 9.69 Å². The highest BCUT2D eigenvalue weighted by atomic mass is 79.9. The van der Waals surface area contributed by atoms with Crippen LogP contribution in [0.4, 0.5) is 10.5 Å². The van der Waals surface area contributed by atoms with E-state index in [1.165, 1.54) is 0 Å². The highest BCUT2D eigenvalue weighted by molar-refractivity contribution is 9.10. The number of para-hydroxylation sites is 1. The number of carboxylic acids is 1. The third-order valence-corrected chi connectivity index (χ3v) is 4.04. The number of benzene rings is 1. The molecule has 0 aliphatic carbocycles. The number of amides is 2. The Morgan fingerprint density at radius 2 is 1.95 bits per heavy atom. The minimum atomic E-state index is -0.832. The van der Waals surface area contributed by atoms with Crippen LogP contribution in [-0.4, -0.2) is 59.6 Å². The average molecular weight is 356 g/mol. The van der Waals surface area contributed by atoms with Gasteiger partial charge in [0.05, 0.1) is 12.2 Å². The van der Waals surface area contributed by atoms with Gasteiger partial charge in [-0.25, -0.2) is 4.79 Å². The molecule has 114 valence electrons. The number of carbonyl (C=O) groups excluding carboxylic acids is 1. The van der Waals surface area contributed by atoms with Gasteiger partial charge in [-0.1, -0.05) is 12.1 Å². The zero-order valence-electron chi connectivity index (χ0n) is 11.6. The number of anilines is 1. The number of hydrogen-bond acceptors (Lipinski definition) is 3. The first kappa shape index (κ1) is 15.8. The number of hydrogen-bond donors (Lipinski definition) is 2. The van der Waals surface area contributed by atoms with Crippen LogP contribution in [0.15, 0.2) is 28.7 Å². The predicted molar refractivity (Wildman–Crippen MR) is 83.4 cm³/mol. The number of carboxylic acid groups (broad SMARTS) is 1. The molecule has 7 heteroatoms. The lowest BCUT2D eigenvalue weighted by molar-refractivity contribution is -0.138. The van der Waals surface area contributed by atoms with Crippen LogP contribution in [0.5, 0.6) is 0 Å². The summed E-state index contributed by atoms with van der Waals surface area (Å²) in [6.45, 7) is 2.47. The third kappa shape index (κ3) is 4.71. The van der Waals surface area contributed by atoms with Crippen LogP contribution >= 0.6 is 15.9 Å². The molecular weight excluding hydrogens is 338 g/mol. The van der Waals surface area contributed by atoms with Crippen LogP contribution in [0, 0.1) is 0 Å². The molecule has 0 spiro atoms. The Labute approximate surface area is 131 Å². The van der Waals surface area contributed by atoms with Crippen LogP contribution in [0.3, 0.4) is 0 Å².